The van der Waals surface area contributed by atoms with Gasteiger partial charge in [0.05, 0.1) is 6.54 Å². The van der Waals surface area contributed by atoms with Gasteiger partial charge in [-0.25, -0.2) is 0 Å². The van der Waals surface area contributed by atoms with E-state index in [-0.39, 0.29) is 5.91 Å². The molecule has 0 bridgehead atoms. The SMILES string of the molecule is C=CCCCN(C)C(=NCCC(=O)N1CCCC1)NCC. The van der Waals surface area contributed by atoms with Crippen LogP contribution in [0.1, 0.15) is 39.0 Å². The molecule has 0 spiro atoms. The molecule has 5 nitrogen and oxygen atoms in total. The Kier molecular flexibility index (Phi) is 8.55. The van der Waals surface area contributed by atoms with Crippen molar-refractivity contribution in [1.82, 2.24) is 15.1 Å². The highest BCUT2D eigenvalue weighted by molar-refractivity contribution is 5.80. The van der Waals surface area contributed by atoms with Crippen molar-refractivity contribution < 1.29 is 4.79 Å². The number of guanidine groups is 1. The number of allylic oxidation sites excluding steroid dienone is 1. The molecule has 120 valence electrons. The Morgan fingerprint density at radius 1 is 1.43 bits per heavy atom. The monoisotopic (exact) mass is 294 g/mol. The average molecular weight is 294 g/mol. The Labute approximate surface area is 129 Å². The largest absolute Gasteiger partial charge is 0.357 e. The van der Waals surface area contributed by atoms with Crippen LogP contribution in [0.4, 0.5) is 0 Å². The van der Waals surface area contributed by atoms with Crippen molar-refractivity contribution >= 4 is 11.9 Å². The first-order valence-electron chi connectivity index (χ1n) is 8.07. The van der Waals surface area contributed by atoms with Crippen molar-refractivity contribution in [1.29, 1.82) is 0 Å². The standard InChI is InChI=1S/C16H30N4O/c1-4-6-7-12-19(3)16(17-5-2)18-11-10-15(21)20-13-8-9-14-20/h4H,1,5-14H2,2-3H3,(H,17,18). The van der Waals surface area contributed by atoms with Crippen LogP contribution >= 0.6 is 0 Å². The van der Waals surface area contributed by atoms with E-state index in [1.165, 1.54) is 0 Å². The predicted molar refractivity (Wildman–Crippen MR) is 88.5 cm³/mol. The zero-order valence-corrected chi connectivity index (χ0v) is 13.6. The molecule has 0 aliphatic carbocycles. The zero-order valence-electron chi connectivity index (χ0n) is 13.6. The molecule has 0 unspecified atom stereocenters. The lowest BCUT2D eigenvalue weighted by molar-refractivity contribution is -0.129. The molecule has 5 heteroatoms. The van der Waals surface area contributed by atoms with Crippen LogP contribution in [0.5, 0.6) is 0 Å². The number of rotatable bonds is 8. The Balaban J connectivity index is 2.38. The summed E-state index contributed by atoms with van der Waals surface area (Å²) >= 11 is 0. The van der Waals surface area contributed by atoms with Gasteiger partial charge in [0.15, 0.2) is 5.96 Å². The van der Waals surface area contributed by atoms with Crippen molar-refractivity contribution in [2.24, 2.45) is 4.99 Å². The van der Waals surface area contributed by atoms with Gasteiger partial charge in [0.1, 0.15) is 0 Å². The molecule has 0 radical (unpaired) electrons. The molecule has 0 saturated carbocycles. The fourth-order valence-electron chi connectivity index (χ4n) is 2.43. The highest BCUT2D eigenvalue weighted by atomic mass is 16.2. The number of hydrogen-bond donors (Lipinski definition) is 1. The number of carbonyl (C=O) groups is 1. The molecule has 0 atom stereocenters. The molecule has 21 heavy (non-hydrogen) atoms. The van der Waals surface area contributed by atoms with E-state index >= 15 is 0 Å². The summed E-state index contributed by atoms with van der Waals surface area (Å²) in [6, 6.07) is 0. The maximum absolute atomic E-state index is 12.0. The van der Waals surface area contributed by atoms with Gasteiger partial charge in [-0.2, -0.15) is 0 Å². The summed E-state index contributed by atoms with van der Waals surface area (Å²) in [5, 5.41) is 3.28. The quantitative estimate of drug-likeness (QED) is 0.322. The van der Waals surface area contributed by atoms with E-state index < -0.39 is 0 Å². The molecule has 1 fully saturated rings. The van der Waals surface area contributed by atoms with Crippen LogP contribution in [0.2, 0.25) is 0 Å². The van der Waals surface area contributed by atoms with Crippen molar-refractivity contribution in [2.75, 3.05) is 39.8 Å². The number of amides is 1. The maximum atomic E-state index is 12.0. The second-order valence-electron chi connectivity index (χ2n) is 5.43. The van der Waals surface area contributed by atoms with Gasteiger partial charge in [-0.15, -0.1) is 6.58 Å². The highest BCUT2D eigenvalue weighted by Crippen LogP contribution is 2.08. The third-order valence-corrected chi connectivity index (χ3v) is 3.64. The summed E-state index contributed by atoms with van der Waals surface area (Å²) in [5.41, 5.74) is 0. The number of nitrogens with one attached hydrogen (secondary N) is 1. The first-order chi connectivity index (χ1) is 10.2. The Morgan fingerprint density at radius 2 is 2.14 bits per heavy atom. The highest BCUT2D eigenvalue weighted by Gasteiger charge is 2.17. The molecule has 1 saturated heterocycles. The number of nitrogens with zero attached hydrogens (tertiary/aromatic N) is 3. The van der Waals surface area contributed by atoms with E-state index in [2.05, 4.69) is 28.7 Å². The van der Waals surface area contributed by atoms with Crippen LogP contribution in [-0.2, 0) is 4.79 Å². The summed E-state index contributed by atoms with van der Waals surface area (Å²) in [5.74, 6) is 1.12. The Hall–Kier alpha value is -1.52. The summed E-state index contributed by atoms with van der Waals surface area (Å²) in [6.45, 7) is 9.98. The second kappa shape index (κ2) is 10.2. The molecule has 1 aliphatic rings. The van der Waals surface area contributed by atoms with Crippen LogP contribution in [0.3, 0.4) is 0 Å². The summed E-state index contributed by atoms with van der Waals surface area (Å²) in [7, 11) is 2.03. The number of carbonyl (C=O) groups excluding carboxylic acids is 1. The van der Waals surface area contributed by atoms with Crippen LogP contribution < -0.4 is 5.32 Å². The molecule has 0 aromatic rings. The van der Waals surface area contributed by atoms with Crippen molar-refractivity contribution in [3.8, 4) is 0 Å². The van der Waals surface area contributed by atoms with Crippen molar-refractivity contribution in [3.05, 3.63) is 12.7 Å². The van der Waals surface area contributed by atoms with E-state index in [4.69, 9.17) is 0 Å². The number of likely N-dealkylation sites (tertiary alicyclic amines) is 1. The van der Waals surface area contributed by atoms with Gasteiger partial charge in [0.25, 0.3) is 0 Å². The topological polar surface area (TPSA) is 47.9 Å². The van der Waals surface area contributed by atoms with Crippen LogP contribution in [0.25, 0.3) is 0 Å². The fraction of sp³-hybridized carbons (Fsp3) is 0.750. The van der Waals surface area contributed by atoms with Gasteiger partial charge < -0.3 is 15.1 Å². The first kappa shape index (κ1) is 17.5. The lowest BCUT2D eigenvalue weighted by Gasteiger charge is -2.22. The maximum Gasteiger partial charge on any atom is 0.224 e. The first-order valence-corrected chi connectivity index (χ1v) is 8.07. The van der Waals surface area contributed by atoms with Crippen molar-refractivity contribution in [2.45, 2.75) is 39.0 Å². The van der Waals surface area contributed by atoms with E-state index in [0.29, 0.717) is 13.0 Å². The van der Waals surface area contributed by atoms with Gasteiger partial charge in [-0.05, 0) is 32.6 Å². The molecule has 1 rings (SSSR count). The van der Waals surface area contributed by atoms with Crippen LogP contribution in [0, 0.1) is 0 Å². The zero-order chi connectivity index (χ0) is 15.5. The third-order valence-electron chi connectivity index (χ3n) is 3.64. The number of hydrogen-bond acceptors (Lipinski definition) is 2. The second-order valence-corrected chi connectivity index (χ2v) is 5.43. The smallest absolute Gasteiger partial charge is 0.224 e. The summed E-state index contributed by atoms with van der Waals surface area (Å²) in [6.07, 6.45) is 6.81. The van der Waals surface area contributed by atoms with E-state index in [1.54, 1.807) is 0 Å². The van der Waals surface area contributed by atoms with Gasteiger partial charge in [0, 0.05) is 39.6 Å². The number of unbranched alkanes of at least 4 members (excludes halogenated alkanes) is 1. The normalized spacial score (nSPS) is 15.1. The minimum absolute atomic E-state index is 0.237. The minimum atomic E-state index is 0.237. The lowest BCUT2D eigenvalue weighted by atomic mass is 10.3. The molecule has 0 aromatic heterocycles. The summed E-state index contributed by atoms with van der Waals surface area (Å²) < 4.78 is 0. The summed E-state index contributed by atoms with van der Waals surface area (Å²) in [4.78, 5) is 20.6. The Morgan fingerprint density at radius 3 is 2.76 bits per heavy atom. The minimum Gasteiger partial charge on any atom is -0.357 e. The van der Waals surface area contributed by atoms with Crippen LogP contribution in [0.15, 0.2) is 17.6 Å². The van der Waals surface area contributed by atoms with E-state index in [1.807, 2.05) is 18.0 Å². The molecular weight excluding hydrogens is 264 g/mol. The van der Waals surface area contributed by atoms with Crippen molar-refractivity contribution in [3.63, 3.8) is 0 Å². The third kappa shape index (κ3) is 6.65. The lowest BCUT2D eigenvalue weighted by Crippen LogP contribution is -2.39. The van der Waals surface area contributed by atoms with Gasteiger partial charge in [0.2, 0.25) is 5.91 Å². The van der Waals surface area contributed by atoms with E-state index in [9.17, 15) is 4.79 Å². The van der Waals surface area contributed by atoms with Gasteiger partial charge >= 0.3 is 0 Å². The average Bonchev–Trinajstić information content (AvgIpc) is 3.00. The Bertz CT molecular complexity index is 348. The fourth-order valence-corrected chi connectivity index (χ4v) is 2.43. The molecular formula is C16H30N4O. The number of aliphatic imine (C=N–C) groups is 1. The van der Waals surface area contributed by atoms with Crippen LogP contribution in [-0.4, -0.2) is 61.4 Å². The molecule has 1 aliphatic heterocycles. The molecule has 0 aromatic carbocycles. The predicted octanol–water partition coefficient (Wildman–Crippen LogP) is 1.86. The molecule has 1 N–H and O–H groups in total. The van der Waals surface area contributed by atoms with Gasteiger partial charge in [-0.1, -0.05) is 6.08 Å². The van der Waals surface area contributed by atoms with Gasteiger partial charge in [-0.3, -0.25) is 9.79 Å². The molecule has 1 heterocycles. The molecule has 1 amide bonds. The van der Waals surface area contributed by atoms with E-state index in [0.717, 1.165) is 57.8 Å².